The topological polar surface area (TPSA) is 92.4 Å². The first kappa shape index (κ1) is 17.9. The van der Waals surface area contributed by atoms with E-state index >= 15 is 0 Å². The van der Waals surface area contributed by atoms with E-state index in [2.05, 4.69) is 5.32 Å². The van der Waals surface area contributed by atoms with Gasteiger partial charge < -0.3 is 16.2 Å². The third-order valence-corrected chi connectivity index (χ3v) is 4.07. The van der Waals surface area contributed by atoms with Crippen molar-refractivity contribution < 1.29 is 14.7 Å². The maximum Gasteiger partial charge on any atom is 0.311 e. The van der Waals surface area contributed by atoms with Crippen LogP contribution in [-0.4, -0.2) is 28.6 Å². The maximum atomic E-state index is 12.0. The predicted octanol–water partition coefficient (Wildman–Crippen LogP) is 1.76. The molecule has 0 spiro atoms. The molecule has 0 aromatic carbocycles. The monoisotopic (exact) mass is 272 g/mol. The number of carbonyl (C=O) groups is 2. The molecule has 0 saturated heterocycles. The number of carboxylic acid groups (broad SMARTS) is 1. The van der Waals surface area contributed by atoms with Gasteiger partial charge in [0, 0.05) is 18.0 Å². The van der Waals surface area contributed by atoms with E-state index in [0.29, 0.717) is 0 Å². The largest absolute Gasteiger partial charge is 0.481 e. The van der Waals surface area contributed by atoms with Crippen LogP contribution in [0.4, 0.5) is 0 Å². The van der Waals surface area contributed by atoms with Gasteiger partial charge in [0.05, 0.1) is 5.41 Å². The van der Waals surface area contributed by atoms with Crippen molar-refractivity contribution in [2.24, 2.45) is 16.6 Å². The van der Waals surface area contributed by atoms with E-state index in [1.807, 2.05) is 20.8 Å². The van der Waals surface area contributed by atoms with Crippen molar-refractivity contribution in [1.82, 2.24) is 5.32 Å². The molecule has 0 saturated carbocycles. The van der Waals surface area contributed by atoms with Crippen molar-refractivity contribution in [3.63, 3.8) is 0 Å². The van der Waals surface area contributed by atoms with Gasteiger partial charge in [0.1, 0.15) is 0 Å². The molecular weight excluding hydrogens is 244 g/mol. The van der Waals surface area contributed by atoms with Crippen molar-refractivity contribution >= 4 is 11.9 Å². The number of hydrogen-bond donors (Lipinski definition) is 3. The summed E-state index contributed by atoms with van der Waals surface area (Å²) in [5.74, 6) is -1.17. The van der Waals surface area contributed by atoms with Crippen LogP contribution in [0.1, 0.15) is 54.9 Å². The number of nitrogens with two attached hydrogens (primary N) is 1. The van der Waals surface area contributed by atoms with Gasteiger partial charge in [-0.3, -0.25) is 9.59 Å². The van der Waals surface area contributed by atoms with Crippen LogP contribution in [0, 0.1) is 10.8 Å². The van der Waals surface area contributed by atoms with Crippen LogP contribution in [0.25, 0.3) is 0 Å². The Kier molecular flexibility index (Phi) is 5.17. The molecule has 19 heavy (non-hydrogen) atoms. The minimum atomic E-state index is -1.06. The zero-order valence-electron chi connectivity index (χ0n) is 13.1. The van der Waals surface area contributed by atoms with E-state index in [4.69, 9.17) is 5.73 Å². The number of amides is 1. The van der Waals surface area contributed by atoms with Crippen LogP contribution < -0.4 is 11.1 Å². The van der Waals surface area contributed by atoms with Gasteiger partial charge in [0.25, 0.3) is 0 Å². The van der Waals surface area contributed by atoms with Gasteiger partial charge in [-0.1, -0.05) is 20.8 Å². The van der Waals surface area contributed by atoms with E-state index in [-0.39, 0.29) is 23.8 Å². The van der Waals surface area contributed by atoms with Crippen LogP contribution in [-0.2, 0) is 9.59 Å². The SMILES string of the molecule is CC(C)(C)C(N)CC(=O)NC(C)(C)C(C)(C)C(=O)O. The molecule has 0 aliphatic heterocycles. The minimum absolute atomic E-state index is 0.163. The molecule has 4 N–H and O–H groups in total. The average molecular weight is 272 g/mol. The molecule has 5 heteroatoms. The van der Waals surface area contributed by atoms with Crippen molar-refractivity contribution in [3.8, 4) is 0 Å². The Morgan fingerprint density at radius 2 is 1.53 bits per heavy atom. The Labute approximate surface area is 115 Å². The fraction of sp³-hybridized carbons (Fsp3) is 0.857. The van der Waals surface area contributed by atoms with Crippen molar-refractivity contribution in [2.45, 2.75) is 66.5 Å². The lowest BCUT2D eigenvalue weighted by Crippen LogP contribution is -2.57. The van der Waals surface area contributed by atoms with E-state index in [0.717, 1.165) is 0 Å². The summed E-state index contributed by atoms with van der Waals surface area (Å²) in [7, 11) is 0. The van der Waals surface area contributed by atoms with Gasteiger partial charge >= 0.3 is 5.97 Å². The summed E-state index contributed by atoms with van der Waals surface area (Å²) in [6, 6.07) is -0.267. The molecule has 0 heterocycles. The zero-order chi connectivity index (χ0) is 15.6. The Hall–Kier alpha value is -1.10. The molecule has 1 amide bonds. The predicted molar refractivity (Wildman–Crippen MR) is 75.7 cm³/mol. The molecule has 5 nitrogen and oxygen atoms in total. The highest BCUT2D eigenvalue weighted by Gasteiger charge is 2.44. The van der Waals surface area contributed by atoms with E-state index in [9.17, 15) is 14.7 Å². The number of rotatable bonds is 5. The molecular formula is C14H28N2O3. The van der Waals surface area contributed by atoms with Crippen LogP contribution >= 0.6 is 0 Å². The summed E-state index contributed by atoms with van der Waals surface area (Å²) in [6.45, 7) is 12.5. The van der Waals surface area contributed by atoms with E-state index < -0.39 is 16.9 Å². The summed E-state index contributed by atoms with van der Waals surface area (Å²) in [6.07, 6.45) is 0.183. The van der Waals surface area contributed by atoms with E-state index in [1.165, 1.54) is 0 Å². The van der Waals surface area contributed by atoms with Gasteiger partial charge in [-0.25, -0.2) is 0 Å². The van der Waals surface area contributed by atoms with Crippen LogP contribution in [0.15, 0.2) is 0 Å². The van der Waals surface area contributed by atoms with Crippen molar-refractivity contribution in [2.75, 3.05) is 0 Å². The molecule has 0 radical (unpaired) electrons. The first-order valence-corrected chi connectivity index (χ1v) is 6.52. The second kappa shape index (κ2) is 5.49. The first-order valence-electron chi connectivity index (χ1n) is 6.52. The van der Waals surface area contributed by atoms with Gasteiger partial charge in [0.15, 0.2) is 0 Å². The highest BCUT2D eigenvalue weighted by atomic mass is 16.4. The lowest BCUT2D eigenvalue weighted by Gasteiger charge is -2.39. The Bertz CT molecular complexity index is 354. The van der Waals surface area contributed by atoms with Crippen LogP contribution in [0.3, 0.4) is 0 Å². The molecule has 0 aromatic heterocycles. The van der Waals surface area contributed by atoms with Crippen molar-refractivity contribution in [1.29, 1.82) is 0 Å². The average Bonchev–Trinajstić information content (AvgIpc) is 2.13. The highest BCUT2D eigenvalue weighted by Crippen LogP contribution is 2.31. The summed E-state index contributed by atoms with van der Waals surface area (Å²) >= 11 is 0. The molecule has 1 atom stereocenters. The summed E-state index contributed by atoms with van der Waals surface area (Å²) in [5, 5.41) is 12.0. The van der Waals surface area contributed by atoms with Gasteiger partial charge in [-0.15, -0.1) is 0 Å². The van der Waals surface area contributed by atoms with Crippen LogP contribution in [0.5, 0.6) is 0 Å². The normalized spacial score (nSPS) is 14.9. The summed E-state index contributed by atoms with van der Waals surface area (Å²) < 4.78 is 0. The number of nitrogens with one attached hydrogen (secondary N) is 1. The smallest absolute Gasteiger partial charge is 0.311 e. The molecule has 0 aromatic rings. The highest BCUT2D eigenvalue weighted by molar-refractivity contribution is 5.81. The molecule has 0 aliphatic carbocycles. The molecule has 0 aliphatic rings. The van der Waals surface area contributed by atoms with Gasteiger partial charge in [0.2, 0.25) is 5.91 Å². The second-order valence-electron chi connectivity index (χ2n) is 7.28. The Balaban J connectivity index is 4.78. The number of hydrogen-bond acceptors (Lipinski definition) is 3. The number of aliphatic carboxylic acids is 1. The third kappa shape index (κ3) is 4.49. The lowest BCUT2D eigenvalue weighted by molar-refractivity contribution is -0.151. The van der Waals surface area contributed by atoms with Gasteiger partial charge in [-0.05, 0) is 33.1 Å². The molecule has 112 valence electrons. The summed E-state index contributed by atoms with van der Waals surface area (Å²) in [5.41, 5.74) is 3.88. The quantitative estimate of drug-likeness (QED) is 0.711. The summed E-state index contributed by atoms with van der Waals surface area (Å²) in [4.78, 5) is 23.3. The maximum absolute atomic E-state index is 12.0. The van der Waals surface area contributed by atoms with Crippen LogP contribution in [0.2, 0.25) is 0 Å². The van der Waals surface area contributed by atoms with E-state index in [1.54, 1.807) is 27.7 Å². The Morgan fingerprint density at radius 3 is 1.84 bits per heavy atom. The van der Waals surface area contributed by atoms with Gasteiger partial charge in [-0.2, -0.15) is 0 Å². The van der Waals surface area contributed by atoms with Crippen molar-refractivity contribution in [3.05, 3.63) is 0 Å². The molecule has 0 bridgehead atoms. The zero-order valence-corrected chi connectivity index (χ0v) is 13.1. The molecule has 0 fully saturated rings. The fourth-order valence-corrected chi connectivity index (χ4v) is 1.33. The number of carbonyl (C=O) groups excluding carboxylic acids is 1. The molecule has 1 unspecified atom stereocenters. The first-order chi connectivity index (χ1) is 8.22. The minimum Gasteiger partial charge on any atom is -0.481 e. The second-order valence-corrected chi connectivity index (χ2v) is 7.28. The lowest BCUT2D eigenvalue weighted by atomic mass is 9.74. The fourth-order valence-electron chi connectivity index (χ4n) is 1.33. The third-order valence-electron chi connectivity index (χ3n) is 4.07. The standard InChI is InChI=1S/C14H28N2O3/c1-12(2,3)9(15)8-10(17)16-14(6,7)13(4,5)11(18)19/h9H,8,15H2,1-7H3,(H,16,17)(H,18,19). The number of carboxylic acids is 1. The Morgan fingerprint density at radius 1 is 1.11 bits per heavy atom. The molecule has 0 rings (SSSR count).